The smallest absolute Gasteiger partial charge is 0.131 e. The average Bonchev–Trinajstić information content (AvgIpc) is 2.62. The maximum Gasteiger partial charge on any atom is 0.131 e. The van der Waals surface area contributed by atoms with E-state index in [0.29, 0.717) is 0 Å². The lowest BCUT2D eigenvalue weighted by molar-refractivity contribution is 0.143. The molecule has 0 bridgehead atoms. The second kappa shape index (κ2) is 8.47. The highest BCUT2D eigenvalue weighted by Gasteiger charge is 2.22. The Bertz CT molecular complexity index is 655. The first kappa shape index (κ1) is 17.9. The van der Waals surface area contributed by atoms with Gasteiger partial charge in [-0.25, -0.2) is 8.78 Å². The second-order valence-corrected chi connectivity index (χ2v) is 6.47. The normalized spacial score (nSPS) is 17.6. The van der Waals surface area contributed by atoms with Crippen LogP contribution in [0.1, 0.15) is 30.1 Å². The Morgan fingerprint density at radius 2 is 1.88 bits per heavy atom. The summed E-state index contributed by atoms with van der Waals surface area (Å²) in [5.41, 5.74) is 0.934. The molecular formula is C19H23F2N3O. The van der Waals surface area contributed by atoms with E-state index in [1.165, 1.54) is 23.8 Å². The van der Waals surface area contributed by atoms with Crippen LogP contribution in [0.15, 0.2) is 42.7 Å². The molecule has 2 heterocycles. The van der Waals surface area contributed by atoms with E-state index in [-0.39, 0.29) is 18.2 Å². The standard InChI is InChI=1S/C19H23F2N3O/c20-16-4-1-5-17(21)19(16)18(25)12-23-15-6-9-24(10-7-15)13-14-3-2-8-22-11-14/h1-5,8,11,15,18,23,25H,6-7,9-10,12-13H2. The predicted octanol–water partition coefficient (Wildman–Crippen LogP) is 2.65. The molecule has 4 nitrogen and oxygen atoms in total. The molecule has 0 radical (unpaired) electrons. The van der Waals surface area contributed by atoms with Crippen molar-refractivity contribution in [3.63, 3.8) is 0 Å². The minimum absolute atomic E-state index is 0.144. The molecule has 25 heavy (non-hydrogen) atoms. The zero-order valence-corrected chi connectivity index (χ0v) is 14.0. The van der Waals surface area contributed by atoms with Gasteiger partial charge in [0.1, 0.15) is 11.6 Å². The first-order chi connectivity index (χ1) is 12.1. The van der Waals surface area contributed by atoms with Crippen LogP contribution in [0.25, 0.3) is 0 Å². The fraction of sp³-hybridized carbons (Fsp3) is 0.421. The fourth-order valence-electron chi connectivity index (χ4n) is 3.25. The van der Waals surface area contributed by atoms with Crippen LogP contribution < -0.4 is 5.32 Å². The van der Waals surface area contributed by atoms with E-state index in [1.54, 1.807) is 6.20 Å². The number of rotatable bonds is 6. The van der Waals surface area contributed by atoms with Gasteiger partial charge in [-0.2, -0.15) is 0 Å². The van der Waals surface area contributed by atoms with Crippen molar-refractivity contribution in [1.29, 1.82) is 0 Å². The summed E-state index contributed by atoms with van der Waals surface area (Å²) in [7, 11) is 0. The molecule has 0 amide bonds. The second-order valence-electron chi connectivity index (χ2n) is 6.47. The Labute approximate surface area is 146 Å². The van der Waals surface area contributed by atoms with Crippen LogP contribution in [0, 0.1) is 11.6 Å². The topological polar surface area (TPSA) is 48.4 Å². The number of hydrogen-bond acceptors (Lipinski definition) is 4. The minimum Gasteiger partial charge on any atom is -0.387 e. The van der Waals surface area contributed by atoms with Gasteiger partial charge in [0.25, 0.3) is 0 Å². The highest BCUT2D eigenvalue weighted by molar-refractivity contribution is 5.22. The van der Waals surface area contributed by atoms with Crippen LogP contribution in [0.5, 0.6) is 0 Å². The summed E-state index contributed by atoms with van der Waals surface area (Å²) in [6, 6.07) is 7.88. The number of benzene rings is 1. The Morgan fingerprint density at radius 1 is 1.16 bits per heavy atom. The van der Waals surface area contributed by atoms with Crippen LogP contribution in [0.2, 0.25) is 0 Å². The molecule has 1 fully saturated rings. The third-order valence-electron chi connectivity index (χ3n) is 4.65. The van der Waals surface area contributed by atoms with Crippen molar-refractivity contribution >= 4 is 0 Å². The van der Waals surface area contributed by atoms with Gasteiger partial charge in [0.05, 0.1) is 11.7 Å². The molecule has 1 aliphatic heterocycles. The molecule has 1 saturated heterocycles. The van der Waals surface area contributed by atoms with Gasteiger partial charge in [0.2, 0.25) is 0 Å². The van der Waals surface area contributed by atoms with Crippen LogP contribution >= 0.6 is 0 Å². The number of piperidine rings is 1. The molecule has 1 aliphatic rings. The molecule has 1 unspecified atom stereocenters. The van der Waals surface area contributed by atoms with E-state index in [1.807, 2.05) is 12.3 Å². The molecule has 0 saturated carbocycles. The number of aromatic nitrogens is 1. The highest BCUT2D eigenvalue weighted by atomic mass is 19.1. The summed E-state index contributed by atoms with van der Waals surface area (Å²) in [5.74, 6) is -1.42. The summed E-state index contributed by atoms with van der Waals surface area (Å²) in [6.07, 6.45) is 4.33. The molecule has 3 rings (SSSR count). The van der Waals surface area contributed by atoms with Crippen molar-refractivity contribution in [3.05, 3.63) is 65.5 Å². The first-order valence-electron chi connectivity index (χ1n) is 8.60. The van der Waals surface area contributed by atoms with E-state index in [2.05, 4.69) is 21.3 Å². The van der Waals surface area contributed by atoms with Crippen molar-refractivity contribution < 1.29 is 13.9 Å². The van der Waals surface area contributed by atoms with Gasteiger partial charge in [-0.1, -0.05) is 12.1 Å². The lowest BCUT2D eigenvalue weighted by Crippen LogP contribution is -2.43. The van der Waals surface area contributed by atoms with E-state index in [0.717, 1.165) is 32.5 Å². The van der Waals surface area contributed by atoms with Crippen LogP contribution in [-0.2, 0) is 6.54 Å². The Morgan fingerprint density at radius 3 is 2.52 bits per heavy atom. The van der Waals surface area contributed by atoms with Crippen molar-refractivity contribution in [3.8, 4) is 0 Å². The van der Waals surface area contributed by atoms with E-state index < -0.39 is 17.7 Å². The molecule has 1 aromatic heterocycles. The number of likely N-dealkylation sites (tertiary alicyclic amines) is 1. The van der Waals surface area contributed by atoms with E-state index in [4.69, 9.17) is 0 Å². The van der Waals surface area contributed by atoms with Crippen LogP contribution in [0.4, 0.5) is 8.78 Å². The molecule has 1 aromatic carbocycles. The van der Waals surface area contributed by atoms with Gasteiger partial charge in [0, 0.05) is 31.5 Å². The molecule has 6 heteroatoms. The molecule has 1 atom stereocenters. The monoisotopic (exact) mass is 347 g/mol. The Hall–Kier alpha value is -1.89. The third kappa shape index (κ3) is 4.81. The van der Waals surface area contributed by atoms with Crippen LogP contribution in [0.3, 0.4) is 0 Å². The Balaban J connectivity index is 1.45. The lowest BCUT2D eigenvalue weighted by Gasteiger charge is -2.32. The van der Waals surface area contributed by atoms with E-state index in [9.17, 15) is 13.9 Å². The molecular weight excluding hydrogens is 324 g/mol. The molecule has 2 N–H and O–H groups in total. The zero-order chi connectivity index (χ0) is 17.6. The number of nitrogens with zero attached hydrogens (tertiary/aromatic N) is 2. The number of hydrogen-bond donors (Lipinski definition) is 2. The van der Waals surface area contributed by atoms with Crippen molar-refractivity contribution in [2.24, 2.45) is 0 Å². The predicted molar refractivity (Wildman–Crippen MR) is 91.9 cm³/mol. The molecule has 0 aliphatic carbocycles. The highest BCUT2D eigenvalue weighted by Crippen LogP contribution is 2.21. The maximum absolute atomic E-state index is 13.7. The van der Waals surface area contributed by atoms with Crippen molar-refractivity contribution in [2.45, 2.75) is 31.5 Å². The number of halogens is 2. The number of nitrogens with one attached hydrogen (secondary N) is 1. The van der Waals surface area contributed by atoms with Gasteiger partial charge >= 0.3 is 0 Å². The van der Waals surface area contributed by atoms with Gasteiger partial charge < -0.3 is 10.4 Å². The fourth-order valence-corrected chi connectivity index (χ4v) is 3.25. The lowest BCUT2D eigenvalue weighted by atomic mass is 10.0. The average molecular weight is 347 g/mol. The molecule has 0 spiro atoms. The maximum atomic E-state index is 13.7. The molecule has 2 aromatic rings. The van der Waals surface area contributed by atoms with Crippen molar-refractivity contribution in [2.75, 3.05) is 19.6 Å². The number of aliphatic hydroxyl groups excluding tert-OH is 1. The van der Waals surface area contributed by atoms with Crippen molar-refractivity contribution in [1.82, 2.24) is 15.2 Å². The van der Waals surface area contributed by atoms with Crippen LogP contribution in [-0.4, -0.2) is 40.7 Å². The summed E-state index contributed by atoms with van der Waals surface area (Å²) in [5, 5.41) is 13.3. The van der Waals surface area contributed by atoms with E-state index >= 15 is 0 Å². The summed E-state index contributed by atoms with van der Waals surface area (Å²) in [4.78, 5) is 6.49. The summed E-state index contributed by atoms with van der Waals surface area (Å²) in [6.45, 7) is 2.90. The van der Waals surface area contributed by atoms with Gasteiger partial charge in [-0.05, 0) is 49.7 Å². The number of pyridine rings is 1. The summed E-state index contributed by atoms with van der Waals surface area (Å²) >= 11 is 0. The van der Waals surface area contributed by atoms with Gasteiger partial charge in [-0.3, -0.25) is 9.88 Å². The molecule has 134 valence electrons. The zero-order valence-electron chi connectivity index (χ0n) is 14.0. The SMILES string of the molecule is OC(CNC1CCN(Cc2cccnc2)CC1)c1c(F)cccc1F. The third-order valence-corrected chi connectivity index (χ3v) is 4.65. The summed E-state index contributed by atoms with van der Waals surface area (Å²) < 4.78 is 27.4. The van der Waals surface area contributed by atoms with Gasteiger partial charge in [-0.15, -0.1) is 0 Å². The minimum atomic E-state index is -1.19. The number of aliphatic hydroxyl groups is 1. The van der Waals surface area contributed by atoms with Gasteiger partial charge in [0.15, 0.2) is 0 Å². The Kier molecular flexibility index (Phi) is 6.07. The largest absolute Gasteiger partial charge is 0.387 e. The quantitative estimate of drug-likeness (QED) is 0.843. The first-order valence-corrected chi connectivity index (χ1v) is 8.60.